The standard InChI is InChI=1S/C24H28N8O9S2/c1-13-19(22(34)32(13)43(37,38)39)29-21(33)20(17-12-42-24(26)28-17)30-41-18(23(35)36)11-40-16-5-3-14(4-6-16)15-9-27-31(10-15)8-2-7-25/h3-6,9-10,12-13,18-19H,2,7-8,11,25H2,1H3,(H2,26,28)(H,29,33)(H,35,36)(H,37,38,39)/t13-,18?,19+/m1/s1. The largest absolute Gasteiger partial charge is 0.489 e. The Balaban J connectivity index is 1.42. The van der Waals surface area contributed by atoms with E-state index >= 15 is 0 Å². The smallest absolute Gasteiger partial charge is 0.362 e. The number of aliphatic carboxylic acids is 1. The van der Waals surface area contributed by atoms with Gasteiger partial charge in [0.15, 0.2) is 10.8 Å². The molecule has 17 nitrogen and oxygen atoms in total. The van der Waals surface area contributed by atoms with E-state index in [0.717, 1.165) is 28.9 Å². The van der Waals surface area contributed by atoms with Crippen LogP contribution in [0.1, 0.15) is 19.0 Å². The molecule has 1 aliphatic heterocycles. The second-order valence-corrected chi connectivity index (χ2v) is 11.4. The normalized spacial score (nSPS) is 17.7. The molecule has 1 fully saturated rings. The number of carboxylic acids is 1. The third-order valence-corrected chi connectivity index (χ3v) is 7.89. The molecule has 0 saturated carbocycles. The van der Waals surface area contributed by atoms with Gasteiger partial charge in [-0.25, -0.2) is 14.1 Å². The molecule has 43 heavy (non-hydrogen) atoms. The number of amides is 2. The summed E-state index contributed by atoms with van der Waals surface area (Å²) < 4.78 is 39.4. The molecule has 3 aromatic rings. The van der Waals surface area contributed by atoms with Crippen molar-refractivity contribution in [3.63, 3.8) is 0 Å². The minimum absolute atomic E-state index is 0.0607. The highest BCUT2D eigenvalue weighted by atomic mass is 32.2. The minimum Gasteiger partial charge on any atom is -0.489 e. The maximum atomic E-state index is 13.0. The Morgan fingerprint density at radius 1 is 1.26 bits per heavy atom. The third-order valence-electron chi connectivity index (χ3n) is 6.21. The molecule has 1 aromatic carbocycles. The Morgan fingerprint density at radius 3 is 2.56 bits per heavy atom. The lowest BCUT2D eigenvalue weighted by Gasteiger charge is -2.42. The summed E-state index contributed by atoms with van der Waals surface area (Å²) in [5.74, 6) is -3.22. The van der Waals surface area contributed by atoms with Gasteiger partial charge in [0.05, 0.1) is 12.2 Å². The van der Waals surface area contributed by atoms with Crippen molar-refractivity contribution >= 4 is 50.3 Å². The summed E-state index contributed by atoms with van der Waals surface area (Å²) in [5, 5.41) is 21.3. The monoisotopic (exact) mass is 636 g/mol. The van der Waals surface area contributed by atoms with Crippen molar-refractivity contribution in [1.29, 1.82) is 0 Å². The molecule has 1 aliphatic rings. The lowest BCUT2D eigenvalue weighted by atomic mass is 10.0. The van der Waals surface area contributed by atoms with Crippen LogP contribution in [-0.4, -0.2) is 92.0 Å². The summed E-state index contributed by atoms with van der Waals surface area (Å²) in [6, 6.07) is 4.40. The number of nitrogens with two attached hydrogens (primary N) is 2. The molecule has 2 aromatic heterocycles. The fourth-order valence-corrected chi connectivity index (χ4v) is 5.41. The first kappa shape index (κ1) is 31.3. The fraction of sp³-hybridized carbons (Fsp3) is 0.333. The number of aromatic nitrogens is 3. The third kappa shape index (κ3) is 7.44. The highest BCUT2D eigenvalue weighted by Crippen LogP contribution is 2.24. The zero-order chi connectivity index (χ0) is 31.3. The number of hydrogen-bond donors (Lipinski definition) is 5. The van der Waals surface area contributed by atoms with E-state index in [-0.39, 0.29) is 15.1 Å². The SMILES string of the molecule is C[C@@H]1[C@H](NC(=O)C(=NOC(COc2ccc(-c3cnn(CCCN)c3)cc2)C(=O)O)c2csc(N)n2)C(=O)N1S(=O)(=O)O. The van der Waals surface area contributed by atoms with Gasteiger partial charge in [-0.1, -0.05) is 17.3 Å². The van der Waals surface area contributed by atoms with E-state index in [1.54, 1.807) is 35.1 Å². The number of β-lactam (4-membered cyclic amide) rings is 1. The zero-order valence-electron chi connectivity index (χ0n) is 22.6. The van der Waals surface area contributed by atoms with Gasteiger partial charge >= 0.3 is 16.3 Å². The quantitative estimate of drug-likeness (QED) is 0.0660. The second kappa shape index (κ2) is 13.2. The molecule has 19 heteroatoms. The molecule has 0 spiro atoms. The van der Waals surface area contributed by atoms with E-state index in [1.807, 2.05) is 6.20 Å². The molecular weight excluding hydrogens is 608 g/mol. The van der Waals surface area contributed by atoms with Crippen LogP contribution < -0.4 is 21.5 Å². The van der Waals surface area contributed by atoms with E-state index in [1.165, 1.54) is 12.3 Å². The number of thiazole rings is 1. The maximum absolute atomic E-state index is 13.0. The van der Waals surface area contributed by atoms with Crippen LogP contribution in [0.15, 0.2) is 47.2 Å². The van der Waals surface area contributed by atoms with Crippen LogP contribution in [0.4, 0.5) is 5.13 Å². The number of oxime groups is 1. The van der Waals surface area contributed by atoms with Crippen LogP contribution in [0, 0.1) is 0 Å². The van der Waals surface area contributed by atoms with Gasteiger partial charge in [0.1, 0.15) is 24.1 Å². The molecule has 1 unspecified atom stereocenters. The molecule has 7 N–H and O–H groups in total. The molecule has 3 heterocycles. The molecule has 0 radical (unpaired) electrons. The van der Waals surface area contributed by atoms with Gasteiger partial charge < -0.3 is 31.5 Å². The van der Waals surface area contributed by atoms with Crippen molar-refractivity contribution in [3.8, 4) is 16.9 Å². The van der Waals surface area contributed by atoms with Crippen LogP contribution in [0.5, 0.6) is 5.75 Å². The van der Waals surface area contributed by atoms with Gasteiger partial charge in [-0.2, -0.15) is 13.5 Å². The van der Waals surface area contributed by atoms with E-state index in [4.69, 9.17) is 25.6 Å². The maximum Gasteiger partial charge on any atom is 0.362 e. The first-order chi connectivity index (χ1) is 20.4. The summed E-state index contributed by atoms with van der Waals surface area (Å²) >= 11 is 0.957. The van der Waals surface area contributed by atoms with Crippen LogP contribution in [-0.2, 0) is 36.1 Å². The molecular formula is C24H28N8O9S2. The Bertz CT molecular complexity index is 1620. The topological polar surface area (TPSA) is 255 Å². The first-order valence-electron chi connectivity index (χ1n) is 12.6. The van der Waals surface area contributed by atoms with Crippen molar-refractivity contribution < 1.29 is 42.0 Å². The Labute approximate surface area is 248 Å². The highest BCUT2D eigenvalue weighted by molar-refractivity contribution is 7.84. The predicted octanol–water partition coefficient (Wildman–Crippen LogP) is -0.291. The van der Waals surface area contributed by atoms with E-state index in [0.29, 0.717) is 18.8 Å². The van der Waals surface area contributed by atoms with E-state index < -0.39 is 58.6 Å². The number of carboxylic acid groups (broad SMARTS) is 1. The number of hydrogen-bond acceptors (Lipinski definition) is 13. The lowest BCUT2D eigenvalue weighted by Crippen LogP contribution is -2.71. The number of nitrogens with one attached hydrogen (secondary N) is 1. The van der Waals surface area contributed by atoms with Crippen molar-refractivity contribution in [2.45, 2.75) is 38.1 Å². The average Bonchev–Trinajstić information content (AvgIpc) is 3.61. The highest BCUT2D eigenvalue weighted by Gasteiger charge is 2.51. The molecule has 2 amide bonds. The average molecular weight is 637 g/mol. The second-order valence-electron chi connectivity index (χ2n) is 9.22. The zero-order valence-corrected chi connectivity index (χ0v) is 24.2. The van der Waals surface area contributed by atoms with Gasteiger partial charge in [-0.05, 0) is 37.6 Å². The van der Waals surface area contributed by atoms with Crippen LogP contribution in [0.3, 0.4) is 0 Å². The number of aryl methyl sites for hydroxylation is 1. The Kier molecular flexibility index (Phi) is 9.59. The van der Waals surface area contributed by atoms with Crippen molar-refractivity contribution in [2.75, 3.05) is 18.9 Å². The van der Waals surface area contributed by atoms with Crippen molar-refractivity contribution in [3.05, 3.63) is 47.7 Å². The summed E-state index contributed by atoms with van der Waals surface area (Å²) in [7, 11) is -4.82. The minimum atomic E-state index is -4.82. The number of rotatable bonds is 14. The summed E-state index contributed by atoms with van der Waals surface area (Å²) in [6.45, 7) is 2.04. The first-order valence-corrected chi connectivity index (χ1v) is 14.9. The number of nitrogens with zero attached hydrogens (tertiary/aromatic N) is 5. The Morgan fingerprint density at radius 2 is 1.98 bits per heavy atom. The molecule has 3 atom stereocenters. The summed E-state index contributed by atoms with van der Waals surface area (Å²) in [6.07, 6.45) is 2.73. The number of anilines is 1. The molecule has 4 rings (SSSR count). The van der Waals surface area contributed by atoms with E-state index in [2.05, 4.69) is 20.6 Å². The van der Waals surface area contributed by atoms with Gasteiger partial charge in [0.2, 0.25) is 0 Å². The van der Waals surface area contributed by atoms with Gasteiger partial charge in [0, 0.05) is 23.7 Å². The summed E-state index contributed by atoms with van der Waals surface area (Å²) in [4.78, 5) is 46.1. The Hall–Kier alpha value is -4.59. The van der Waals surface area contributed by atoms with E-state index in [9.17, 15) is 27.9 Å². The number of benzene rings is 1. The number of carbonyl (C=O) groups excluding carboxylic acids is 2. The van der Waals surface area contributed by atoms with Crippen molar-refractivity contribution in [1.82, 2.24) is 24.4 Å². The van der Waals surface area contributed by atoms with Crippen LogP contribution in [0.2, 0.25) is 0 Å². The van der Waals surface area contributed by atoms with Gasteiger partial charge in [-0.3, -0.25) is 18.8 Å². The van der Waals surface area contributed by atoms with Gasteiger partial charge in [-0.15, -0.1) is 11.3 Å². The van der Waals surface area contributed by atoms with Crippen molar-refractivity contribution in [2.24, 2.45) is 10.9 Å². The number of nitrogen functional groups attached to an aromatic ring is 1. The summed E-state index contributed by atoms with van der Waals surface area (Å²) in [5.41, 5.74) is 12.3. The number of carbonyl (C=O) groups is 3. The van der Waals surface area contributed by atoms with Crippen LogP contribution in [0.25, 0.3) is 11.1 Å². The van der Waals surface area contributed by atoms with Crippen LogP contribution >= 0.6 is 11.3 Å². The fourth-order valence-electron chi connectivity index (χ4n) is 3.98. The van der Waals surface area contributed by atoms with Gasteiger partial charge in [0.25, 0.3) is 17.9 Å². The molecule has 230 valence electrons. The number of ether oxygens (including phenoxy) is 1. The molecule has 0 bridgehead atoms. The lowest BCUT2D eigenvalue weighted by molar-refractivity contribution is -0.152. The predicted molar refractivity (Wildman–Crippen MR) is 152 cm³/mol. The molecule has 1 saturated heterocycles. The molecule has 0 aliphatic carbocycles.